The minimum Gasteiger partial charge on any atom is -0.476 e. The number of thioether (sulfide) groups is 1. The van der Waals surface area contributed by atoms with E-state index in [1.54, 1.807) is 0 Å². The predicted octanol–water partition coefficient (Wildman–Crippen LogP) is 1.79. The Morgan fingerprint density at radius 3 is 2.71 bits per heavy atom. The number of carboxylic acid groups (broad SMARTS) is 1. The molecule has 0 radical (unpaired) electrons. The summed E-state index contributed by atoms with van der Waals surface area (Å²) in [6.45, 7) is 2.03. The largest absolute Gasteiger partial charge is 0.476 e. The first-order chi connectivity index (χ1) is 6.61. The molecule has 14 heavy (non-hydrogen) atoms. The molecule has 0 spiro atoms. The molecule has 0 aliphatic heterocycles. The van der Waals surface area contributed by atoms with E-state index in [2.05, 4.69) is 4.98 Å². The van der Waals surface area contributed by atoms with Crippen LogP contribution in [0.3, 0.4) is 0 Å². The van der Waals surface area contributed by atoms with Gasteiger partial charge >= 0.3 is 5.97 Å². The van der Waals surface area contributed by atoms with Crippen molar-refractivity contribution < 1.29 is 9.90 Å². The third-order valence-electron chi connectivity index (χ3n) is 2.04. The number of rotatable bonds is 4. The van der Waals surface area contributed by atoms with Gasteiger partial charge in [0.25, 0.3) is 0 Å². The smallest absolute Gasteiger partial charge is 0.356 e. The van der Waals surface area contributed by atoms with Crippen molar-refractivity contribution in [2.24, 2.45) is 7.05 Å². The van der Waals surface area contributed by atoms with Gasteiger partial charge in [0.1, 0.15) is 0 Å². The maximum atomic E-state index is 10.9. The number of carbonyl (C=O) groups is 1. The molecule has 0 fully saturated rings. The van der Waals surface area contributed by atoms with Crippen molar-refractivity contribution in [1.82, 2.24) is 9.55 Å². The van der Waals surface area contributed by atoms with Crippen LogP contribution >= 0.6 is 11.8 Å². The molecule has 1 aromatic rings. The van der Waals surface area contributed by atoms with Crippen LogP contribution in [0.25, 0.3) is 0 Å². The molecule has 0 unspecified atom stereocenters. The van der Waals surface area contributed by atoms with Crippen LogP contribution in [0.15, 0.2) is 5.16 Å². The molecule has 0 saturated heterocycles. The first kappa shape index (κ1) is 11.1. The Balaban J connectivity index is 3.20. The van der Waals surface area contributed by atoms with Crippen LogP contribution in [0.5, 0.6) is 0 Å². The summed E-state index contributed by atoms with van der Waals surface area (Å²) in [5, 5.41) is 9.70. The molecule has 0 aliphatic rings. The van der Waals surface area contributed by atoms with Crippen LogP contribution in [0.2, 0.25) is 0 Å². The van der Waals surface area contributed by atoms with Gasteiger partial charge in [0, 0.05) is 7.05 Å². The molecule has 4 nitrogen and oxygen atoms in total. The van der Waals surface area contributed by atoms with Gasteiger partial charge in [-0.05, 0) is 12.7 Å². The van der Waals surface area contributed by atoms with Crippen molar-refractivity contribution >= 4 is 17.7 Å². The van der Waals surface area contributed by atoms with Gasteiger partial charge in [0.2, 0.25) is 0 Å². The molecule has 78 valence electrons. The highest BCUT2D eigenvalue weighted by Gasteiger charge is 2.18. The first-order valence-electron chi connectivity index (χ1n) is 4.44. The number of hydrogen-bond acceptors (Lipinski definition) is 3. The average molecular weight is 214 g/mol. The average Bonchev–Trinajstić information content (AvgIpc) is 2.45. The highest BCUT2D eigenvalue weighted by Crippen LogP contribution is 2.19. The van der Waals surface area contributed by atoms with Crippen LogP contribution in [-0.4, -0.2) is 26.9 Å². The van der Waals surface area contributed by atoms with E-state index in [1.807, 2.05) is 24.8 Å². The van der Waals surface area contributed by atoms with Gasteiger partial charge in [-0.25, -0.2) is 9.78 Å². The summed E-state index contributed by atoms with van der Waals surface area (Å²) in [6, 6.07) is 0. The Morgan fingerprint density at radius 2 is 2.29 bits per heavy atom. The lowest BCUT2D eigenvalue weighted by Gasteiger charge is -2.02. The number of nitrogens with zero attached hydrogens (tertiary/aromatic N) is 2. The Kier molecular flexibility index (Phi) is 3.57. The zero-order chi connectivity index (χ0) is 10.7. The van der Waals surface area contributed by atoms with E-state index in [0.717, 1.165) is 23.7 Å². The van der Waals surface area contributed by atoms with Crippen molar-refractivity contribution in [2.45, 2.75) is 24.9 Å². The third kappa shape index (κ3) is 1.92. The lowest BCUT2D eigenvalue weighted by atomic mass is 10.2. The molecule has 1 heterocycles. The second-order valence-corrected chi connectivity index (χ2v) is 3.78. The number of aromatic nitrogens is 2. The zero-order valence-corrected chi connectivity index (χ0v) is 9.39. The summed E-state index contributed by atoms with van der Waals surface area (Å²) >= 11 is 1.46. The Labute approximate surface area is 87.3 Å². The molecule has 0 aliphatic carbocycles. The molecule has 0 amide bonds. The van der Waals surface area contributed by atoms with Gasteiger partial charge in [0.05, 0.1) is 5.69 Å². The number of carboxylic acids is 1. The van der Waals surface area contributed by atoms with E-state index in [9.17, 15) is 4.79 Å². The van der Waals surface area contributed by atoms with Crippen molar-refractivity contribution in [2.75, 3.05) is 6.26 Å². The molecule has 5 heteroatoms. The Hall–Kier alpha value is -0.970. The molecule has 0 aromatic carbocycles. The van der Waals surface area contributed by atoms with E-state index in [4.69, 9.17) is 5.11 Å². The predicted molar refractivity (Wildman–Crippen MR) is 55.9 cm³/mol. The number of imidazole rings is 1. The molecule has 1 aromatic heterocycles. The van der Waals surface area contributed by atoms with Crippen molar-refractivity contribution in [1.29, 1.82) is 0 Å². The quantitative estimate of drug-likeness (QED) is 0.776. The van der Waals surface area contributed by atoms with Gasteiger partial charge < -0.3 is 9.67 Å². The van der Waals surface area contributed by atoms with Gasteiger partial charge in [-0.3, -0.25) is 0 Å². The van der Waals surface area contributed by atoms with Gasteiger partial charge in [-0.2, -0.15) is 0 Å². The topological polar surface area (TPSA) is 55.1 Å². The molecule has 0 saturated carbocycles. The summed E-state index contributed by atoms with van der Waals surface area (Å²) in [4.78, 5) is 15.0. The molecular weight excluding hydrogens is 200 g/mol. The van der Waals surface area contributed by atoms with E-state index in [-0.39, 0.29) is 5.69 Å². The van der Waals surface area contributed by atoms with Gasteiger partial charge in [0.15, 0.2) is 10.9 Å². The van der Waals surface area contributed by atoms with E-state index in [1.165, 1.54) is 11.8 Å². The second-order valence-electron chi connectivity index (χ2n) is 3.01. The van der Waals surface area contributed by atoms with Crippen LogP contribution in [0.1, 0.15) is 29.5 Å². The van der Waals surface area contributed by atoms with Gasteiger partial charge in [-0.15, -0.1) is 0 Å². The minimum absolute atomic E-state index is 0.193. The normalized spacial score (nSPS) is 10.5. The summed E-state index contributed by atoms with van der Waals surface area (Å²) < 4.78 is 1.86. The van der Waals surface area contributed by atoms with Crippen molar-refractivity contribution in [3.05, 3.63) is 11.4 Å². The first-order valence-corrected chi connectivity index (χ1v) is 5.67. The van der Waals surface area contributed by atoms with Crippen LogP contribution in [-0.2, 0) is 13.5 Å². The van der Waals surface area contributed by atoms with Crippen LogP contribution in [0.4, 0.5) is 0 Å². The van der Waals surface area contributed by atoms with E-state index >= 15 is 0 Å². The highest BCUT2D eigenvalue weighted by molar-refractivity contribution is 7.98. The molecule has 1 N–H and O–H groups in total. The fourth-order valence-corrected chi connectivity index (χ4v) is 1.95. The molecule has 0 atom stereocenters. The third-order valence-corrected chi connectivity index (χ3v) is 2.77. The standard InChI is InChI=1S/C9H14N2O2S/c1-4-5-6-7(8(12)13)10-9(14-3)11(6)2/h4-5H2,1-3H3,(H,12,13). The monoisotopic (exact) mass is 214 g/mol. The molecule has 0 bridgehead atoms. The summed E-state index contributed by atoms with van der Waals surface area (Å²) in [5.74, 6) is -0.940. The molecular formula is C9H14N2O2S. The van der Waals surface area contributed by atoms with Gasteiger partial charge in [-0.1, -0.05) is 25.1 Å². The number of hydrogen-bond donors (Lipinski definition) is 1. The second kappa shape index (κ2) is 4.50. The number of aromatic carboxylic acids is 1. The van der Waals surface area contributed by atoms with Crippen LogP contribution < -0.4 is 0 Å². The van der Waals surface area contributed by atoms with E-state index < -0.39 is 5.97 Å². The molecule has 1 rings (SSSR count). The van der Waals surface area contributed by atoms with E-state index in [0.29, 0.717) is 0 Å². The zero-order valence-electron chi connectivity index (χ0n) is 8.57. The Morgan fingerprint density at radius 1 is 1.64 bits per heavy atom. The van der Waals surface area contributed by atoms with Crippen molar-refractivity contribution in [3.8, 4) is 0 Å². The maximum absolute atomic E-state index is 10.9. The maximum Gasteiger partial charge on any atom is 0.356 e. The van der Waals surface area contributed by atoms with Crippen LogP contribution in [0, 0.1) is 0 Å². The summed E-state index contributed by atoms with van der Waals surface area (Å²) in [5.41, 5.74) is 1.00. The SMILES string of the molecule is CCCc1c(C(=O)O)nc(SC)n1C. The Bertz CT molecular complexity index is 347. The summed E-state index contributed by atoms with van der Waals surface area (Å²) in [6.07, 6.45) is 3.57. The fraction of sp³-hybridized carbons (Fsp3) is 0.556. The fourth-order valence-electron chi connectivity index (χ4n) is 1.39. The summed E-state index contributed by atoms with van der Waals surface area (Å²) in [7, 11) is 1.86. The lowest BCUT2D eigenvalue weighted by molar-refractivity contribution is 0.0689. The minimum atomic E-state index is -0.940. The lowest BCUT2D eigenvalue weighted by Crippen LogP contribution is -2.04. The highest BCUT2D eigenvalue weighted by atomic mass is 32.2. The van der Waals surface area contributed by atoms with Crippen molar-refractivity contribution in [3.63, 3.8) is 0 Å².